The minimum Gasteiger partial charge on any atom is -0.382 e. The Morgan fingerprint density at radius 2 is 2.27 bits per heavy atom. The zero-order valence-corrected chi connectivity index (χ0v) is 7.06. The van der Waals surface area contributed by atoms with Gasteiger partial charge in [0.25, 0.3) is 0 Å². The quantitative estimate of drug-likeness (QED) is 0.639. The summed E-state index contributed by atoms with van der Waals surface area (Å²) in [4.78, 5) is 0. The normalized spacial score (nSPS) is 24.3. The van der Waals surface area contributed by atoms with Gasteiger partial charge < -0.3 is 5.32 Å². The average molecular weight is 151 g/mol. The van der Waals surface area contributed by atoms with Crippen molar-refractivity contribution in [2.75, 3.05) is 0 Å². The minimum absolute atomic E-state index is 0. The lowest BCUT2D eigenvalue weighted by Gasteiger charge is -2.23. The molecule has 0 radical (unpaired) electrons. The Morgan fingerprint density at radius 3 is 2.82 bits per heavy atom. The molecule has 0 aromatic heterocycles. The van der Waals surface area contributed by atoms with E-state index >= 15 is 0 Å². The summed E-state index contributed by atoms with van der Waals surface area (Å²) in [5.41, 5.74) is 2.44. The van der Waals surface area contributed by atoms with E-state index in [1.165, 1.54) is 12.0 Å². The Bertz CT molecular complexity index is 206. The Kier molecular flexibility index (Phi) is 2.53. The molecule has 1 aliphatic heterocycles. The SMILES string of the molecule is C=CC1=C(C=C)N[C@H](C)CC1.[HH]. The van der Waals surface area contributed by atoms with Crippen LogP contribution in [0, 0.1) is 0 Å². The van der Waals surface area contributed by atoms with Crippen LogP contribution < -0.4 is 5.32 Å². The predicted octanol–water partition coefficient (Wildman–Crippen LogP) is 2.63. The number of hydrogen-bond donors (Lipinski definition) is 1. The highest BCUT2D eigenvalue weighted by atomic mass is 14.9. The maximum Gasteiger partial charge on any atom is 0.0368 e. The van der Waals surface area contributed by atoms with Crippen molar-refractivity contribution >= 4 is 0 Å². The summed E-state index contributed by atoms with van der Waals surface area (Å²) in [6.45, 7) is 9.69. The van der Waals surface area contributed by atoms with Crippen molar-refractivity contribution in [2.24, 2.45) is 0 Å². The van der Waals surface area contributed by atoms with E-state index in [2.05, 4.69) is 25.4 Å². The lowest BCUT2D eigenvalue weighted by Crippen LogP contribution is -2.29. The van der Waals surface area contributed by atoms with Crippen molar-refractivity contribution in [1.82, 2.24) is 5.32 Å². The van der Waals surface area contributed by atoms with Crippen LogP contribution in [0.2, 0.25) is 0 Å². The fourth-order valence-corrected chi connectivity index (χ4v) is 1.34. The first-order valence-corrected chi connectivity index (χ1v) is 4.02. The highest BCUT2D eigenvalue weighted by Crippen LogP contribution is 2.19. The number of hydrogen-bond acceptors (Lipinski definition) is 1. The molecule has 1 rings (SSSR count). The molecule has 0 saturated heterocycles. The van der Waals surface area contributed by atoms with Crippen LogP contribution in [0.4, 0.5) is 0 Å². The Morgan fingerprint density at radius 1 is 1.55 bits per heavy atom. The van der Waals surface area contributed by atoms with Crippen LogP contribution in [0.25, 0.3) is 0 Å². The fraction of sp³-hybridized carbons (Fsp3) is 0.400. The molecule has 0 spiro atoms. The van der Waals surface area contributed by atoms with Gasteiger partial charge in [-0.15, -0.1) is 0 Å². The van der Waals surface area contributed by atoms with Crippen molar-refractivity contribution in [3.8, 4) is 0 Å². The minimum atomic E-state index is 0. The number of rotatable bonds is 2. The highest BCUT2D eigenvalue weighted by Gasteiger charge is 2.11. The molecule has 0 saturated carbocycles. The molecule has 1 heteroatoms. The van der Waals surface area contributed by atoms with Gasteiger partial charge in [-0.05, 0) is 31.4 Å². The molecular formula is C10H17N. The zero-order chi connectivity index (χ0) is 8.27. The van der Waals surface area contributed by atoms with Gasteiger partial charge in [0.1, 0.15) is 0 Å². The van der Waals surface area contributed by atoms with E-state index in [1.54, 1.807) is 0 Å². The molecule has 0 unspecified atom stereocenters. The average Bonchev–Trinajstić information content (AvgIpc) is 2.04. The third kappa shape index (κ3) is 1.73. The molecule has 0 aliphatic carbocycles. The maximum atomic E-state index is 3.76. The van der Waals surface area contributed by atoms with Gasteiger partial charge in [0.05, 0.1) is 0 Å². The summed E-state index contributed by atoms with van der Waals surface area (Å²) in [7, 11) is 0. The molecule has 11 heavy (non-hydrogen) atoms. The maximum absolute atomic E-state index is 3.76. The van der Waals surface area contributed by atoms with Gasteiger partial charge in [0.15, 0.2) is 0 Å². The monoisotopic (exact) mass is 151 g/mol. The Hall–Kier alpha value is -0.980. The van der Waals surface area contributed by atoms with Gasteiger partial charge in [0.2, 0.25) is 0 Å². The first-order valence-electron chi connectivity index (χ1n) is 4.02. The van der Waals surface area contributed by atoms with Gasteiger partial charge >= 0.3 is 0 Å². The molecule has 0 amide bonds. The van der Waals surface area contributed by atoms with Crippen molar-refractivity contribution in [1.29, 1.82) is 0 Å². The second kappa shape index (κ2) is 3.42. The summed E-state index contributed by atoms with van der Waals surface area (Å²) in [6, 6.07) is 0.576. The van der Waals surface area contributed by atoms with Crippen LogP contribution in [0.15, 0.2) is 36.6 Å². The summed E-state index contributed by atoms with van der Waals surface area (Å²) in [5, 5.41) is 3.36. The second-order valence-electron chi connectivity index (χ2n) is 2.93. The predicted molar refractivity (Wildman–Crippen MR) is 51.4 cm³/mol. The Labute approximate surface area is 70.0 Å². The molecule has 1 nitrogen and oxygen atoms in total. The van der Waals surface area contributed by atoms with Crippen molar-refractivity contribution in [3.63, 3.8) is 0 Å². The van der Waals surface area contributed by atoms with E-state index < -0.39 is 0 Å². The highest BCUT2D eigenvalue weighted by molar-refractivity contribution is 5.32. The third-order valence-corrected chi connectivity index (χ3v) is 2.05. The molecule has 1 N–H and O–H groups in total. The van der Waals surface area contributed by atoms with Gasteiger partial charge in [-0.1, -0.05) is 19.2 Å². The van der Waals surface area contributed by atoms with Gasteiger partial charge in [-0.25, -0.2) is 0 Å². The molecule has 0 aromatic carbocycles. The first-order chi connectivity index (χ1) is 5.27. The summed E-state index contributed by atoms with van der Waals surface area (Å²) in [5.74, 6) is 0. The lowest BCUT2D eigenvalue weighted by molar-refractivity contribution is 0.542. The van der Waals surface area contributed by atoms with Crippen molar-refractivity contribution in [3.05, 3.63) is 36.6 Å². The van der Waals surface area contributed by atoms with E-state index in [1.807, 2.05) is 12.2 Å². The largest absolute Gasteiger partial charge is 0.382 e. The summed E-state index contributed by atoms with van der Waals surface area (Å²) < 4.78 is 0. The first kappa shape index (κ1) is 8.12. The summed E-state index contributed by atoms with van der Waals surface area (Å²) in [6.07, 6.45) is 6.10. The molecular weight excluding hydrogens is 134 g/mol. The van der Waals surface area contributed by atoms with Gasteiger partial charge in [-0.2, -0.15) is 0 Å². The number of nitrogens with one attached hydrogen (secondary N) is 1. The van der Waals surface area contributed by atoms with E-state index in [9.17, 15) is 0 Å². The lowest BCUT2D eigenvalue weighted by atomic mass is 9.99. The molecule has 0 bridgehead atoms. The van der Waals surface area contributed by atoms with Crippen LogP contribution >= 0.6 is 0 Å². The zero-order valence-electron chi connectivity index (χ0n) is 7.06. The topological polar surface area (TPSA) is 12.0 Å². The number of allylic oxidation sites excluding steroid dienone is 3. The van der Waals surface area contributed by atoms with Crippen molar-refractivity contribution < 1.29 is 1.43 Å². The van der Waals surface area contributed by atoms with Crippen LogP contribution in [-0.4, -0.2) is 6.04 Å². The van der Waals surface area contributed by atoms with Crippen LogP contribution in [0.5, 0.6) is 0 Å². The van der Waals surface area contributed by atoms with Gasteiger partial charge in [0, 0.05) is 13.2 Å². The molecule has 1 heterocycles. The van der Waals surface area contributed by atoms with E-state index in [0.717, 1.165) is 12.1 Å². The smallest absolute Gasteiger partial charge is 0.0368 e. The van der Waals surface area contributed by atoms with E-state index in [0.29, 0.717) is 6.04 Å². The molecule has 0 fully saturated rings. The van der Waals surface area contributed by atoms with Crippen LogP contribution in [0.1, 0.15) is 21.2 Å². The third-order valence-electron chi connectivity index (χ3n) is 2.05. The standard InChI is InChI=1S/C10H15N.H2/c1-4-9-7-6-8(3)11-10(9)5-2;/h4-5,8,11H,1-2,6-7H2,3H3;1H/t8-;/m1./s1. The van der Waals surface area contributed by atoms with Crippen LogP contribution in [0.3, 0.4) is 0 Å². The van der Waals surface area contributed by atoms with E-state index in [4.69, 9.17) is 0 Å². The molecule has 62 valence electrons. The van der Waals surface area contributed by atoms with Gasteiger partial charge in [-0.3, -0.25) is 0 Å². The Balaban J connectivity index is 0.00000121. The molecule has 0 aromatic rings. The fourth-order valence-electron chi connectivity index (χ4n) is 1.34. The van der Waals surface area contributed by atoms with Crippen molar-refractivity contribution in [2.45, 2.75) is 25.8 Å². The second-order valence-corrected chi connectivity index (χ2v) is 2.93. The van der Waals surface area contributed by atoms with Crippen LogP contribution in [-0.2, 0) is 0 Å². The molecule has 1 aliphatic rings. The molecule has 1 atom stereocenters. The van der Waals surface area contributed by atoms with E-state index in [-0.39, 0.29) is 1.43 Å². The summed E-state index contributed by atoms with van der Waals surface area (Å²) >= 11 is 0.